The van der Waals surface area contributed by atoms with Gasteiger partial charge in [0.1, 0.15) is 11.5 Å². The summed E-state index contributed by atoms with van der Waals surface area (Å²) in [7, 11) is 0. The van der Waals surface area contributed by atoms with Gasteiger partial charge in [-0.25, -0.2) is 0 Å². The molecule has 0 heterocycles. The summed E-state index contributed by atoms with van der Waals surface area (Å²) in [4.78, 5) is 0. The van der Waals surface area contributed by atoms with Crippen molar-refractivity contribution >= 4 is 5.69 Å². The zero-order chi connectivity index (χ0) is 12.4. The molecule has 2 aromatic rings. The number of nitrogens with two attached hydrogens (primary N) is 1. The maximum Gasteiger partial charge on any atom is 0.133 e. The third-order valence-corrected chi connectivity index (χ3v) is 2.82. The highest BCUT2D eigenvalue weighted by molar-refractivity contribution is 5.50. The Balaban J connectivity index is 2.38. The summed E-state index contributed by atoms with van der Waals surface area (Å²) >= 11 is 0. The van der Waals surface area contributed by atoms with Gasteiger partial charge in [-0.2, -0.15) is 0 Å². The Hall–Kier alpha value is -1.96. The molecule has 2 aromatic carbocycles. The molecule has 0 atom stereocenters. The summed E-state index contributed by atoms with van der Waals surface area (Å²) in [5.41, 5.74) is 9.81. The number of aryl methyl sites for hydroxylation is 3. The number of ether oxygens (including phenoxy) is 1. The van der Waals surface area contributed by atoms with Gasteiger partial charge in [-0.05, 0) is 55.7 Å². The van der Waals surface area contributed by atoms with Crippen LogP contribution in [0.5, 0.6) is 11.5 Å². The quantitative estimate of drug-likeness (QED) is 0.787. The van der Waals surface area contributed by atoms with Crippen molar-refractivity contribution < 1.29 is 4.74 Å². The van der Waals surface area contributed by atoms with Crippen LogP contribution in [0.2, 0.25) is 0 Å². The highest BCUT2D eigenvalue weighted by atomic mass is 16.5. The van der Waals surface area contributed by atoms with E-state index in [2.05, 4.69) is 26.0 Å². The van der Waals surface area contributed by atoms with Crippen molar-refractivity contribution in [3.05, 3.63) is 53.1 Å². The van der Waals surface area contributed by atoms with Gasteiger partial charge in [0.15, 0.2) is 0 Å². The van der Waals surface area contributed by atoms with Crippen molar-refractivity contribution in [3.8, 4) is 11.5 Å². The van der Waals surface area contributed by atoms with Gasteiger partial charge in [-0.3, -0.25) is 0 Å². The van der Waals surface area contributed by atoms with Crippen LogP contribution in [-0.2, 0) is 0 Å². The molecule has 0 saturated heterocycles. The van der Waals surface area contributed by atoms with Gasteiger partial charge >= 0.3 is 0 Å². The Morgan fingerprint density at radius 1 is 0.882 bits per heavy atom. The Morgan fingerprint density at radius 3 is 2.12 bits per heavy atom. The predicted octanol–water partition coefficient (Wildman–Crippen LogP) is 3.99. The zero-order valence-corrected chi connectivity index (χ0v) is 10.4. The SMILES string of the molecule is Cc1cc(N)ccc1Oc1c(C)cccc1C. The Bertz CT molecular complexity index is 526. The summed E-state index contributed by atoms with van der Waals surface area (Å²) in [6.07, 6.45) is 0. The normalized spacial score (nSPS) is 10.3. The van der Waals surface area contributed by atoms with Gasteiger partial charge < -0.3 is 10.5 Å². The maximum atomic E-state index is 5.97. The van der Waals surface area contributed by atoms with E-state index in [1.807, 2.05) is 31.2 Å². The van der Waals surface area contributed by atoms with Crippen molar-refractivity contribution in [1.82, 2.24) is 0 Å². The minimum Gasteiger partial charge on any atom is -0.457 e. The van der Waals surface area contributed by atoms with E-state index in [9.17, 15) is 0 Å². The molecule has 2 rings (SSSR count). The average molecular weight is 227 g/mol. The third kappa shape index (κ3) is 2.41. The van der Waals surface area contributed by atoms with Crippen LogP contribution < -0.4 is 10.5 Å². The molecule has 0 aliphatic heterocycles. The van der Waals surface area contributed by atoms with Crippen LogP contribution in [-0.4, -0.2) is 0 Å². The van der Waals surface area contributed by atoms with Gasteiger partial charge in [0.05, 0.1) is 0 Å². The van der Waals surface area contributed by atoms with Crippen molar-refractivity contribution in [3.63, 3.8) is 0 Å². The lowest BCUT2D eigenvalue weighted by Gasteiger charge is -2.13. The molecule has 0 aliphatic carbocycles. The molecule has 0 aliphatic rings. The fraction of sp³-hybridized carbons (Fsp3) is 0.200. The molecule has 0 spiro atoms. The second-order valence-electron chi connectivity index (χ2n) is 4.35. The highest BCUT2D eigenvalue weighted by Crippen LogP contribution is 2.31. The summed E-state index contributed by atoms with van der Waals surface area (Å²) in [5.74, 6) is 1.79. The van der Waals surface area contributed by atoms with Crippen molar-refractivity contribution in [2.24, 2.45) is 0 Å². The minimum absolute atomic E-state index is 0.761. The number of anilines is 1. The van der Waals surface area contributed by atoms with Gasteiger partial charge in [0.25, 0.3) is 0 Å². The molecule has 0 saturated carbocycles. The van der Waals surface area contributed by atoms with E-state index in [0.29, 0.717) is 0 Å². The van der Waals surface area contributed by atoms with E-state index in [-0.39, 0.29) is 0 Å². The van der Waals surface area contributed by atoms with Crippen molar-refractivity contribution in [2.45, 2.75) is 20.8 Å². The van der Waals surface area contributed by atoms with E-state index in [0.717, 1.165) is 33.9 Å². The largest absolute Gasteiger partial charge is 0.457 e. The predicted molar refractivity (Wildman–Crippen MR) is 71.6 cm³/mol. The van der Waals surface area contributed by atoms with Crippen LogP contribution in [0.4, 0.5) is 5.69 Å². The van der Waals surface area contributed by atoms with E-state index in [1.165, 1.54) is 0 Å². The van der Waals surface area contributed by atoms with Crippen molar-refractivity contribution in [1.29, 1.82) is 0 Å². The molecule has 0 radical (unpaired) electrons. The number of hydrogen-bond donors (Lipinski definition) is 1. The van der Waals surface area contributed by atoms with Crippen LogP contribution >= 0.6 is 0 Å². The molecule has 2 heteroatoms. The van der Waals surface area contributed by atoms with E-state index < -0.39 is 0 Å². The fourth-order valence-electron chi connectivity index (χ4n) is 1.86. The second-order valence-corrected chi connectivity index (χ2v) is 4.35. The highest BCUT2D eigenvalue weighted by Gasteiger charge is 2.06. The number of benzene rings is 2. The Morgan fingerprint density at radius 2 is 1.53 bits per heavy atom. The van der Waals surface area contributed by atoms with E-state index in [4.69, 9.17) is 10.5 Å². The first-order valence-electron chi connectivity index (χ1n) is 5.68. The van der Waals surface area contributed by atoms with Gasteiger partial charge in [-0.15, -0.1) is 0 Å². The molecule has 2 nitrogen and oxygen atoms in total. The minimum atomic E-state index is 0.761. The van der Waals surface area contributed by atoms with Gasteiger partial charge in [0.2, 0.25) is 0 Å². The monoisotopic (exact) mass is 227 g/mol. The number of nitrogen functional groups attached to an aromatic ring is 1. The topological polar surface area (TPSA) is 35.2 Å². The average Bonchev–Trinajstić information content (AvgIpc) is 2.26. The molecule has 0 bridgehead atoms. The maximum absolute atomic E-state index is 5.97. The lowest BCUT2D eigenvalue weighted by Crippen LogP contribution is -1.94. The molecule has 0 aromatic heterocycles. The first-order chi connectivity index (χ1) is 8.08. The van der Waals surface area contributed by atoms with E-state index >= 15 is 0 Å². The zero-order valence-electron chi connectivity index (χ0n) is 10.4. The third-order valence-electron chi connectivity index (χ3n) is 2.82. The van der Waals surface area contributed by atoms with Crippen LogP contribution in [0.3, 0.4) is 0 Å². The number of hydrogen-bond acceptors (Lipinski definition) is 2. The molecule has 0 amide bonds. The Labute approximate surface area is 102 Å². The van der Waals surface area contributed by atoms with Crippen LogP contribution in [0.1, 0.15) is 16.7 Å². The summed E-state index contributed by atoms with van der Waals surface area (Å²) in [6, 6.07) is 11.8. The summed E-state index contributed by atoms with van der Waals surface area (Å²) < 4.78 is 5.97. The number of rotatable bonds is 2. The molecular weight excluding hydrogens is 210 g/mol. The van der Waals surface area contributed by atoms with Crippen molar-refractivity contribution in [2.75, 3.05) is 5.73 Å². The second kappa shape index (κ2) is 4.50. The van der Waals surface area contributed by atoms with E-state index in [1.54, 1.807) is 0 Å². The smallest absolute Gasteiger partial charge is 0.133 e. The van der Waals surface area contributed by atoms with Gasteiger partial charge in [-0.1, -0.05) is 18.2 Å². The first kappa shape index (κ1) is 11.5. The lowest BCUT2D eigenvalue weighted by atomic mass is 10.1. The van der Waals surface area contributed by atoms with Crippen LogP contribution in [0.25, 0.3) is 0 Å². The first-order valence-corrected chi connectivity index (χ1v) is 5.68. The molecule has 17 heavy (non-hydrogen) atoms. The summed E-state index contributed by atoms with van der Waals surface area (Å²) in [6.45, 7) is 6.10. The summed E-state index contributed by atoms with van der Waals surface area (Å²) in [5, 5.41) is 0. The van der Waals surface area contributed by atoms with Crippen LogP contribution in [0.15, 0.2) is 36.4 Å². The standard InChI is InChI=1S/C15H17NO/c1-10-5-4-6-11(2)15(10)17-14-8-7-13(16)9-12(14)3/h4-9H,16H2,1-3H3. The fourth-order valence-corrected chi connectivity index (χ4v) is 1.86. The molecule has 0 fully saturated rings. The van der Waals surface area contributed by atoms with Gasteiger partial charge in [0, 0.05) is 5.69 Å². The molecular formula is C15H17NO. The lowest BCUT2D eigenvalue weighted by molar-refractivity contribution is 0.471. The molecule has 2 N–H and O–H groups in total. The molecule has 0 unspecified atom stereocenters. The van der Waals surface area contributed by atoms with Crippen LogP contribution in [0, 0.1) is 20.8 Å². The molecule has 88 valence electrons. The Kier molecular flexibility index (Phi) is 3.05. The number of para-hydroxylation sites is 1.